The van der Waals surface area contributed by atoms with Crippen LogP contribution in [0.5, 0.6) is 5.75 Å². The van der Waals surface area contributed by atoms with Crippen molar-refractivity contribution in [3.05, 3.63) is 42.0 Å². The summed E-state index contributed by atoms with van der Waals surface area (Å²) in [5.41, 5.74) is 0.515. The summed E-state index contributed by atoms with van der Waals surface area (Å²) in [6, 6.07) is 11.1. The average Bonchev–Trinajstić information content (AvgIpc) is 3.34. The number of nitrogens with one attached hydrogen (secondary N) is 2. The number of aromatic nitrogens is 2. The van der Waals surface area contributed by atoms with Gasteiger partial charge in [0.05, 0.1) is 19.1 Å². The van der Waals surface area contributed by atoms with Crippen molar-refractivity contribution >= 4 is 23.5 Å². The number of esters is 1. The normalized spacial score (nSPS) is 21.0. The van der Waals surface area contributed by atoms with E-state index in [0.29, 0.717) is 23.2 Å². The number of rotatable bonds is 7. The number of carbonyl (C=O) groups excluding carboxylic acids is 2. The molecule has 4 rings (SSSR count). The molecule has 0 aliphatic heterocycles. The molecule has 8 nitrogen and oxygen atoms in total. The lowest BCUT2D eigenvalue weighted by Gasteiger charge is -2.27. The van der Waals surface area contributed by atoms with Gasteiger partial charge >= 0.3 is 5.97 Å². The first-order chi connectivity index (χ1) is 15.6. The lowest BCUT2D eigenvalue weighted by molar-refractivity contribution is -0.147. The Kier molecular flexibility index (Phi) is 7.19. The van der Waals surface area contributed by atoms with Crippen LogP contribution in [0, 0.1) is 5.92 Å². The Labute approximate surface area is 188 Å². The van der Waals surface area contributed by atoms with Crippen LogP contribution in [0.1, 0.15) is 61.7 Å². The van der Waals surface area contributed by atoms with Gasteiger partial charge in [-0.15, -0.1) is 10.2 Å². The van der Waals surface area contributed by atoms with E-state index in [1.165, 1.54) is 20.0 Å². The SMILES string of the molecule is COC(=O)C1CCC(Oc2ccc(C(=O)Nc3ccc(NC4CCCC4)nn3)cc2)CC1. The number of ether oxygens (including phenoxy) is 2. The second-order valence-corrected chi connectivity index (χ2v) is 8.52. The van der Waals surface area contributed by atoms with Crippen molar-refractivity contribution in [2.24, 2.45) is 5.92 Å². The molecule has 0 saturated heterocycles. The van der Waals surface area contributed by atoms with Crippen molar-refractivity contribution in [3.63, 3.8) is 0 Å². The van der Waals surface area contributed by atoms with Crippen LogP contribution >= 0.6 is 0 Å². The summed E-state index contributed by atoms with van der Waals surface area (Å²) in [6.07, 6.45) is 8.06. The molecule has 1 heterocycles. The van der Waals surface area contributed by atoms with Gasteiger partial charge in [0, 0.05) is 11.6 Å². The summed E-state index contributed by atoms with van der Waals surface area (Å²) in [7, 11) is 1.43. The maximum atomic E-state index is 12.5. The topological polar surface area (TPSA) is 102 Å². The van der Waals surface area contributed by atoms with Gasteiger partial charge in [-0.05, 0) is 74.9 Å². The molecule has 2 saturated carbocycles. The Hall–Kier alpha value is -3.16. The molecule has 170 valence electrons. The number of carbonyl (C=O) groups is 2. The number of anilines is 2. The Morgan fingerprint density at radius 3 is 2.16 bits per heavy atom. The molecule has 2 aliphatic rings. The zero-order valence-corrected chi connectivity index (χ0v) is 18.4. The highest BCUT2D eigenvalue weighted by Crippen LogP contribution is 2.28. The zero-order valence-electron chi connectivity index (χ0n) is 18.4. The van der Waals surface area contributed by atoms with Crippen molar-refractivity contribution < 1.29 is 19.1 Å². The van der Waals surface area contributed by atoms with Crippen LogP contribution in [0.4, 0.5) is 11.6 Å². The molecule has 0 bridgehead atoms. The lowest BCUT2D eigenvalue weighted by Crippen LogP contribution is -2.28. The van der Waals surface area contributed by atoms with Gasteiger partial charge in [0.15, 0.2) is 5.82 Å². The lowest BCUT2D eigenvalue weighted by atomic mass is 9.87. The number of hydrogen-bond donors (Lipinski definition) is 2. The third kappa shape index (κ3) is 5.75. The van der Waals surface area contributed by atoms with E-state index in [1.54, 1.807) is 30.3 Å². The van der Waals surface area contributed by atoms with Crippen LogP contribution in [0.3, 0.4) is 0 Å². The second kappa shape index (κ2) is 10.4. The Morgan fingerprint density at radius 1 is 0.875 bits per heavy atom. The van der Waals surface area contributed by atoms with E-state index >= 15 is 0 Å². The Morgan fingerprint density at radius 2 is 1.53 bits per heavy atom. The second-order valence-electron chi connectivity index (χ2n) is 8.52. The quantitative estimate of drug-likeness (QED) is 0.625. The number of hydrogen-bond acceptors (Lipinski definition) is 7. The average molecular weight is 439 g/mol. The fourth-order valence-corrected chi connectivity index (χ4v) is 4.40. The molecule has 2 aromatic rings. The minimum Gasteiger partial charge on any atom is -0.490 e. The van der Waals surface area contributed by atoms with Crippen molar-refractivity contribution in [1.29, 1.82) is 0 Å². The highest BCUT2D eigenvalue weighted by atomic mass is 16.5. The molecule has 0 radical (unpaired) electrons. The molecule has 2 N–H and O–H groups in total. The monoisotopic (exact) mass is 438 g/mol. The number of benzene rings is 1. The summed E-state index contributed by atoms with van der Waals surface area (Å²) in [6.45, 7) is 0. The van der Waals surface area contributed by atoms with E-state index in [9.17, 15) is 9.59 Å². The van der Waals surface area contributed by atoms with Gasteiger partial charge in [0.1, 0.15) is 11.6 Å². The Balaban J connectivity index is 1.25. The molecule has 0 unspecified atom stereocenters. The summed E-state index contributed by atoms with van der Waals surface area (Å²) in [5.74, 6) is 1.45. The molecule has 0 atom stereocenters. The summed E-state index contributed by atoms with van der Waals surface area (Å²) < 4.78 is 10.8. The predicted octanol–water partition coefficient (Wildman–Crippen LogP) is 4.19. The van der Waals surface area contributed by atoms with Crippen molar-refractivity contribution in [1.82, 2.24) is 10.2 Å². The van der Waals surface area contributed by atoms with Crippen molar-refractivity contribution in [3.8, 4) is 5.75 Å². The van der Waals surface area contributed by atoms with E-state index in [4.69, 9.17) is 9.47 Å². The summed E-state index contributed by atoms with van der Waals surface area (Å²) in [5, 5.41) is 14.4. The fraction of sp³-hybridized carbons (Fsp3) is 0.500. The van der Waals surface area contributed by atoms with Gasteiger partial charge in [-0.1, -0.05) is 12.8 Å². The number of nitrogens with zero attached hydrogens (tertiary/aromatic N) is 2. The van der Waals surface area contributed by atoms with E-state index in [2.05, 4.69) is 20.8 Å². The molecule has 1 amide bonds. The third-order valence-corrected chi connectivity index (χ3v) is 6.24. The predicted molar refractivity (Wildman–Crippen MR) is 121 cm³/mol. The third-order valence-electron chi connectivity index (χ3n) is 6.24. The van der Waals surface area contributed by atoms with Crippen LogP contribution < -0.4 is 15.4 Å². The maximum absolute atomic E-state index is 12.5. The molecule has 1 aromatic heterocycles. The highest BCUT2D eigenvalue weighted by Gasteiger charge is 2.27. The van der Waals surface area contributed by atoms with Crippen LogP contribution in [0.15, 0.2) is 36.4 Å². The van der Waals surface area contributed by atoms with Gasteiger partial charge in [-0.3, -0.25) is 9.59 Å². The smallest absolute Gasteiger partial charge is 0.308 e. The minimum atomic E-state index is -0.249. The maximum Gasteiger partial charge on any atom is 0.308 e. The minimum absolute atomic E-state index is 0.0263. The van der Waals surface area contributed by atoms with Gasteiger partial charge in [-0.25, -0.2) is 0 Å². The van der Waals surface area contributed by atoms with Crippen molar-refractivity contribution in [2.45, 2.75) is 63.5 Å². The largest absolute Gasteiger partial charge is 0.490 e. The molecule has 2 fully saturated rings. The molecule has 32 heavy (non-hydrogen) atoms. The molecular formula is C24H30N4O4. The molecule has 8 heteroatoms. The van der Waals surface area contributed by atoms with Gasteiger partial charge in [0.25, 0.3) is 5.91 Å². The summed E-state index contributed by atoms with van der Waals surface area (Å²) in [4.78, 5) is 24.2. The van der Waals surface area contributed by atoms with Gasteiger partial charge in [-0.2, -0.15) is 0 Å². The molecule has 1 aromatic carbocycles. The van der Waals surface area contributed by atoms with Crippen LogP contribution in [-0.4, -0.2) is 41.3 Å². The first kappa shape index (κ1) is 22.0. The first-order valence-corrected chi connectivity index (χ1v) is 11.4. The molecular weight excluding hydrogens is 408 g/mol. The van der Waals surface area contributed by atoms with E-state index in [-0.39, 0.29) is 23.9 Å². The van der Waals surface area contributed by atoms with E-state index in [0.717, 1.165) is 44.3 Å². The first-order valence-electron chi connectivity index (χ1n) is 11.4. The Bertz CT molecular complexity index is 903. The zero-order chi connectivity index (χ0) is 22.3. The van der Waals surface area contributed by atoms with Gasteiger partial charge in [0.2, 0.25) is 0 Å². The molecule has 2 aliphatic carbocycles. The van der Waals surface area contributed by atoms with Crippen LogP contribution in [-0.2, 0) is 9.53 Å². The standard InChI is InChI=1S/C24H30N4O4/c1-31-24(30)17-8-12-20(13-9-17)32-19-10-6-16(7-11-19)23(29)26-22-15-14-21(27-28-22)25-18-4-2-3-5-18/h6-7,10-11,14-15,17-18,20H,2-5,8-9,12-13H2,1H3,(H,25,27)(H,26,28,29). The van der Waals surface area contributed by atoms with Crippen LogP contribution in [0.2, 0.25) is 0 Å². The molecule has 0 spiro atoms. The summed E-state index contributed by atoms with van der Waals surface area (Å²) >= 11 is 0. The van der Waals surface area contributed by atoms with Gasteiger partial charge < -0.3 is 20.1 Å². The highest BCUT2D eigenvalue weighted by molar-refractivity contribution is 6.03. The van der Waals surface area contributed by atoms with Crippen LogP contribution in [0.25, 0.3) is 0 Å². The van der Waals surface area contributed by atoms with E-state index in [1.807, 2.05) is 6.07 Å². The number of amides is 1. The van der Waals surface area contributed by atoms with E-state index < -0.39 is 0 Å². The van der Waals surface area contributed by atoms with Crippen molar-refractivity contribution in [2.75, 3.05) is 17.7 Å². The fourth-order valence-electron chi connectivity index (χ4n) is 4.40. The number of methoxy groups -OCH3 is 1.